The maximum atomic E-state index is 12.5. The highest BCUT2D eigenvalue weighted by molar-refractivity contribution is 5.91. The summed E-state index contributed by atoms with van der Waals surface area (Å²) in [7, 11) is 3.26. The van der Waals surface area contributed by atoms with E-state index in [4.69, 9.17) is 14.2 Å². The smallest absolute Gasteiger partial charge is 0.322 e. The van der Waals surface area contributed by atoms with Crippen LogP contribution in [-0.4, -0.2) is 44.3 Å². The number of ether oxygens (including phenoxy) is 3. The molecule has 1 N–H and O–H groups in total. The second kappa shape index (κ2) is 7.90. The van der Waals surface area contributed by atoms with Crippen LogP contribution in [0.25, 0.3) is 0 Å². The van der Waals surface area contributed by atoms with Crippen LogP contribution in [0.4, 0.5) is 10.5 Å². The van der Waals surface area contributed by atoms with E-state index in [1.807, 2.05) is 48.5 Å². The van der Waals surface area contributed by atoms with Gasteiger partial charge in [-0.05, 0) is 30.7 Å². The van der Waals surface area contributed by atoms with Gasteiger partial charge in [0.2, 0.25) is 0 Å². The number of rotatable bonds is 5. The summed E-state index contributed by atoms with van der Waals surface area (Å²) in [5.74, 6) is 1.78. The SMILES string of the molecule is COc1ccccc1Oc1ccccc1NC(=O)N1CC[C@@H](OC)C1. The Bertz CT molecular complexity index is 735. The third kappa shape index (κ3) is 4.03. The van der Waals surface area contributed by atoms with Gasteiger partial charge in [-0.15, -0.1) is 0 Å². The quantitative estimate of drug-likeness (QED) is 0.899. The van der Waals surface area contributed by atoms with E-state index < -0.39 is 0 Å². The first-order valence-corrected chi connectivity index (χ1v) is 8.20. The Morgan fingerprint density at radius 2 is 1.72 bits per heavy atom. The summed E-state index contributed by atoms with van der Waals surface area (Å²) in [5.41, 5.74) is 0.610. The zero-order chi connectivity index (χ0) is 17.6. The number of amides is 2. The van der Waals surface area contributed by atoms with Crippen molar-refractivity contribution in [2.45, 2.75) is 12.5 Å². The number of nitrogens with one attached hydrogen (secondary N) is 1. The molecule has 2 aromatic rings. The number of anilines is 1. The van der Waals surface area contributed by atoms with Crippen LogP contribution in [0.5, 0.6) is 17.2 Å². The van der Waals surface area contributed by atoms with Crippen LogP contribution >= 0.6 is 0 Å². The fourth-order valence-electron chi connectivity index (χ4n) is 2.78. The Morgan fingerprint density at radius 1 is 1.04 bits per heavy atom. The molecule has 0 bridgehead atoms. The lowest BCUT2D eigenvalue weighted by Crippen LogP contribution is -2.33. The number of para-hydroxylation sites is 4. The molecule has 132 valence electrons. The van der Waals surface area contributed by atoms with Gasteiger partial charge in [0, 0.05) is 20.2 Å². The highest BCUT2D eigenvalue weighted by atomic mass is 16.5. The van der Waals surface area contributed by atoms with Gasteiger partial charge >= 0.3 is 6.03 Å². The van der Waals surface area contributed by atoms with Gasteiger partial charge in [0.1, 0.15) is 0 Å². The van der Waals surface area contributed by atoms with Crippen LogP contribution in [0.15, 0.2) is 48.5 Å². The largest absolute Gasteiger partial charge is 0.493 e. The summed E-state index contributed by atoms with van der Waals surface area (Å²) < 4.78 is 16.6. The molecular weight excluding hydrogens is 320 g/mol. The summed E-state index contributed by atoms with van der Waals surface area (Å²) in [6.45, 7) is 1.28. The van der Waals surface area contributed by atoms with E-state index in [-0.39, 0.29) is 12.1 Å². The van der Waals surface area contributed by atoms with Gasteiger partial charge in [-0.2, -0.15) is 0 Å². The zero-order valence-corrected chi connectivity index (χ0v) is 14.4. The highest BCUT2D eigenvalue weighted by Gasteiger charge is 2.26. The molecule has 0 saturated carbocycles. The Balaban J connectivity index is 1.74. The van der Waals surface area contributed by atoms with Crippen LogP contribution < -0.4 is 14.8 Å². The van der Waals surface area contributed by atoms with Crippen molar-refractivity contribution in [3.63, 3.8) is 0 Å². The minimum Gasteiger partial charge on any atom is -0.493 e. The summed E-state index contributed by atoms with van der Waals surface area (Å²) in [6, 6.07) is 14.6. The first-order valence-electron chi connectivity index (χ1n) is 8.20. The summed E-state index contributed by atoms with van der Waals surface area (Å²) >= 11 is 0. The highest BCUT2D eigenvalue weighted by Crippen LogP contribution is 2.35. The molecule has 1 atom stereocenters. The number of nitrogens with zero attached hydrogens (tertiary/aromatic N) is 1. The van der Waals surface area contributed by atoms with E-state index in [9.17, 15) is 4.79 Å². The average Bonchev–Trinajstić information content (AvgIpc) is 3.13. The fourth-order valence-corrected chi connectivity index (χ4v) is 2.78. The molecule has 0 radical (unpaired) electrons. The van der Waals surface area contributed by atoms with Gasteiger partial charge < -0.3 is 24.4 Å². The van der Waals surface area contributed by atoms with Gasteiger partial charge in [-0.25, -0.2) is 4.79 Å². The van der Waals surface area contributed by atoms with E-state index in [1.54, 1.807) is 19.1 Å². The monoisotopic (exact) mass is 342 g/mol. The number of hydrogen-bond acceptors (Lipinski definition) is 4. The molecule has 25 heavy (non-hydrogen) atoms. The maximum Gasteiger partial charge on any atom is 0.322 e. The second-order valence-corrected chi connectivity index (χ2v) is 5.77. The lowest BCUT2D eigenvalue weighted by atomic mass is 10.2. The molecule has 1 heterocycles. The van der Waals surface area contributed by atoms with E-state index in [1.165, 1.54) is 0 Å². The number of carbonyl (C=O) groups excluding carboxylic acids is 1. The number of urea groups is 1. The molecule has 0 aromatic heterocycles. The van der Waals surface area contributed by atoms with Gasteiger partial charge in [0.25, 0.3) is 0 Å². The average molecular weight is 342 g/mol. The maximum absolute atomic E-state index is 12.5. The topological polar surface area (TPSA) is 60.0 Å². The Kier molecular flexibility index (Phi) is 5.40. The van der Waals surface area contributed by atoms with Crippen LogP contribution in [0.2, 0.25) is 0 Å². The Labute approximate surface area is 147 Å². The first kappa shape index (κ1) is 17.1. The molecular formula is C19H22N2O4. The summed E-state index contributed by atoms with van der Waals surface area (Å²) in [4.78, 5) is 14.2. The molecule has 0 unspecified atom stereocenters. The van der Waals surface area contributed by atoms with E-state index in [2.05, 4.69) is 5.32 Å². The lowest BCUT2D eigenvalue weighted by Gasteiger charge is -2.19. The standard InChI is InChI=1S/C19H22N2O4/c1-23-14-11-12-21(13-14)19(22)20-15-7-3-4-8-16(15)25-18-10-6-5-9-17(18)24-2/h3-10,14H,11-13H2,1-2H3,(H,20,22)/t14-/m1/s1. The van der Waals surface area contributed by atoms with Crippen molar-refractivity contribution >= 4 is 11.7 Å². The van der Waals surface area contributed by atoms with Gasteiger partial charge in [-0.3, -0.25) is 0 Å². The normalized spacial score (nSPS) is 16.6. The number of likely N-dealkylation sites (tertiary alicyclic amines) is 1. The minimum absolute atomic E-state index is 0.103. The molecule has 1 aliphatic heterocycles. The number of carbonyl (C=O) groups is 1. The molecule has 2 aromatic carbocycles. The molecule has 3 rings (SSSR count). The van der Waals surface area contributed by atoms with Crippen LogP contribution in [0.3, 0.4) is 0 Å². The predicted molar refractivity (Wildman–Crippen MR) is 95.5 cm³/mol. The van der Waals surface area contributed by atoms with Crippen molar-refractivity contribution in [3.8, 4) is 17.2 Å². The molecule has 1 aliphatic rings. The molecule has 6 heteroatoms. The van der Waals surface area contributed by atoms with E-state index in [0.29, 0.717) is 36.0 Å². The van der Waals surface area contributed by atoms with Crippen LogP contribution in [0.1, 0.15) is 6.42 Å². The number of hydrogen-bond donors (Lipinski definition) is 1. The first-order chi connectivity index (χ1) is 12.2. The van der Waals surface area contributed by atoms with E-state index in [0.717, 1.165) is 6.42 Å². The van der Waals surface area contributed by atoms with Crippen molar-refractivity contribution in [1.29, 1.82) is 0 Å². The molecule has 1 saturated heterocycles. The Hall–Kier alpha value is -2.73. The number of methoxy groups -OCH3 is 2. The lowest BCUT2D eigenvalue weighted by molar-refractivity contribution is 0.111. The third-order valence-electron chi connectivity index (χ3n) is 4.18. The van der Waals surface area contributed by atoms with Gasteiger partial charge in [-0.1, -0.05) is 24.3 Å². The summed E-state index contributed by atoms with van der Waals surface area (Å²) in [6.07, 6.45) is 0.953. The third-order valence-corrected chi connectivity index (χ3v) is 4.18. The van der Waals surface area contributed by atoms with Crippen molar-refractivity contribution < 1.29 is 19.0 Å². The molecule has 2 amide bonds. The van der Waals surface area contributed by atoms with Gasteiger partial charge in [0.05, 0.1) is 18.9 Å². The minimum atomic E-state index is -0.157. The molecule has 0 aliphatic carbocycles. The predicted octanol–water partition coefficient (Wildman–Crippen LogP) is 3.74. The van der Waals surface area contributed by atoms with Crippen LogP contribution in [-0.2, 0) is 4.74 Å². The number of benzene rings is 2. The zero-order valence-electron chi connectivity index (χ0n) is 14.4. The summed E-state index contributed by atoms with van der Waals surface area (Å²) in [5, 5.41) is 2.92. The molecule has 1 fully saturated rings. The van der Waals surface area contributed by atoms with Crippen molar-refractivity contribution in [2.24, 2.45) is 0 Å². The fraction of sp³-hybridized carbons (Fsp3) is 0.316. The van der Waals surface area contributed by atoms with Gasteiger partial charge in [0.15, 0.2) is 17.2 Å². The Morgan fingerprint density at radius 3 is 2.40 bits per heavy atom. The second-order valence-electron chi connectivity index (χ2n) is 5.77. The molecule has 0 spiro atoms. The van der Waals surface area contributed by atoms with Crippen molar-refractivity contribution in [3.05, 3.63) is 48.5 Å². The van der Waals surface area contributed by atoms with E-state index >= 15 is 0 Å². The van der Waals surface area contributed by atoms with Crippen LogP contribution in [0, 0.1) is 0 Å². The van der Waals surface area contributed by atoms with Crippen molar-refractivity contribution in [1.82, 2.24) is 4.90 Å². The molecule has 6 nitrogen and oxygen atoms in total. The van der Waals surface area contributed by atoms with Crippen molar-refractivity contribution in [2.75, 3.05) is 32.6 Å².